The largest absolute Gasteiger partial charge is 0.483 e. The summed E-state index contributed by atoms with van der Waals surface area (Å²) in [4.78, 5) is 14.2. The topological polar surface area (TPSA) is 38.8 Å². The molecule has 0 bridgehead atoms. The predicted octanol–water partition coefficient (Wildman–Crippen LogP) is 2.45. The van der Waals surface area contributed by atoms with Crippen LogP contribution in [0.25, 0.3) is 0 Å². The van der Waals surface area contributed by atoms with Gasteiger partial charge in [-0.15, -0.1) is 0 Å². The highest BCUT2D eigenvalue weighted by Gasteiger charge is 2.50. The van der Waals surface area contributed by atoms with Crippen LogP contribution < -0.4 is 9.47 Å². The number of nitrogens with zero attached hydrogens (tertiary/aromatic N) is 1. The second kappa shape index (κ2) is 4.95. The van der Waals surface area contributed by atoms with Crippen molar-refractivity contribution >= 4 is 5.78 Å². The van der Waals surface area contributed by atoms with E-state index in [9.17, 15) is 9.18 Å². The molecular formula is C17H20FNO3. The molecule has 0 unspecified atom stereocenters. The van der Waals surface area contributed by atoms with Gasteiger partial charge in [-0.3, -0.25) is 4.79 Å². The lowest BCUT2D eigenvalue weighted by Crippen LogP contribution is -2.46. The Kier molecular flexibility index (Phi) is 3.15. The molecule has 22 heavy (non-hydrogen) atoms. The van der Waals surface area contributed by atoms with Gasteiger partial charge in [-0.25, -0.2) is 0 Å². The van der Waals surface area contributed by atoms with E-state index in [0.717, 1.165) is 24.9 Å². The molecule has 0 amide bonds. The first-order chi connectivity index (χ1) is 10.6. The number of carbonyl (C=O) groups is 1. The number of likely N-dealkylation sites (tertiary alicyclic amines) is 1. The Balaban J connectivity index is 1.74. The van der Waals surface area contributed by atoms with Crippen LogP contribution in [0.4, 0.5) is 4.39 Å². The number of ketones is 1. The molecule has 4 nitrogen and oxygen atoms in total. The molecule has 2 aliphatic heterocycles. The third-order valence-corrected chi connectivity index (χ3v) is 5.49. The molecule has 2 fully saturated rings. The Morgan fingerprint density at radius 3 is 3.05 bits per heavy atom. The summed E-state index contributed by atoms with van der Waals surface area (Å²) in [7, 11) is 2.08. The normalized spacial score (nSPS) is 34.5. The monoisotopic (exact) mass is 305 g/mol. The molecule has 1 aromatic carbocycles. The predicted molar refractivity (Wildman–Crippen MR) is 79.0 cm³/mol. The van der Waals surface area contributed by atoms with Gasteiger partial charge in [-0.2, -0.15) is 4.39 Å². The average Bonchev–Trinajstić information content (AvgIpc) is 2.85. The van der Waals surface area contributed by atoms with E-state index in [1.165, 1.54) is 0 Å². The molecule has 3 aliphatic rings. The van der Waals surface area contributed by atoms with E-state index in [1.54, 1.807) is 0 Å². The van der Waals surface area contributed by atoms with Crippen LogP contribution in [-0.2, 0) is 10.2 Å². The van der Waals surface area contributed by atoms with E-state index >= 15 is 0 Å². The fourth-order valence-corrected chi connectivity index (χ4v) is 4.28. The number of ether oxygens (including phenoxy) is 2. The Morgan fingerprint density at radius 2 is 2.18 bits per heavy atom. The highest BCUT2D eigenvalue weighted by molar-refractivity contribution is 5.81. The van der Waals surface area contributed by atoms with Crippen LogP contribution in [0.3, 0.4) is 0 Å². The highest BCUT2D eigenvalue weighted by Crippen LogP contribution is 2.49. The van der Waals surface area contributed by atoms with E-state index < -0.39 is 6.36 Å². The van der Waals surface area contributed by atoms with Gasteiger partial charge in [0.15, 0.2) is 18.1 Å². The van der Waals surface area contributed by atoms with Gasteiger partial charge in [0, 0.05) is 24.3 Å². The molecule has 0 aromatic heterocycles. The van der Waals surface area contributed by atoms with Crippen molar-refractivity contribution in [3.05, 3.63) is 23.8 Å². The number of Topliss-reactive ketones (excluding diaryl/α,β-unsaturated/α-hetero) is 1. The highest BCUT2D eigenvalue weighted by atomic mass is 19.1. The Hall–Kier alpha value is -1.62. The van der Waals surface area contributed by atoms with Crippen molar-refractivity contribution in [2.75, 3.05) is 20.2 Å². The van der Waals surface area contributed by atoms with Crippen molar-refractivity contribution in [2.24, 2.45) is 0 Å². The molecule has 0 N–H and O–H groups in total. The molecule has 1 saturated carbocycles. The summed E-state index contributed by atoms with van der Waals surface area (Å²) in [5.41, 5.74) is 1.12. The zero-order valence-electron chi connectivity index (χ0n) is 12.7. The van der Waals surface area contributed by atoms with Crippen molar-refractivity contribution in [2.45, 2.75) is 43.5 Å². The smallest absolute Gasteiger partial charge is 0.272 e. The molecular weight excluding hydrogens is 285 g/mol. The van der Waals surface area contributed by atoms with Crippen LogP contribution in [0.1, 0.15) is 31.2 Å². The zero-order chi connectivity index (χ0) is 15.3. The van der Waals surface area contributed by atoms with Crippen molar-refractivity contribution < 1.29 is 18.7 Å². The number of hydrogen-bond donors (Lipinski definition) is 0. The number of alkyl halides is 1. The molecule has 3 atom stereocenters. The minimum atomic E-state index is -1.41. The lowest BCUT2D eigenvalue weighted by molar-refractivity contribution is -0.122. The summed E-state index contributed by atoms with van der Waals surface area (Å²) in [6.45, 7) is 0.926. The first kappa shape index (κ1) is 14.0. The third kappa shape index (κ3) is 2.02. The molecule has 4 rings (SSSR count). The molecule has 1 saturated heterocycles. The zero-order valence-corrected chi connectivity index (χ0v) is 12.7. The number of likely N-dealkylation sites (N-methyl/N-ethyl adjacent to an activating group) is 1. The maximum atomic E-state index is 13.4. The van der Waals surface area contributed by atoms with Gasteiger partial charge in [0.1, 0.15) is 5.78 Å². The minimum absolute atomic E-state index is 0.0235. The third-order valence-electron chi connectivity index (χ3n) is 5.49. The van der Waals surface area contributed by atoms with Crippen LogP contribution in [0.15, 0.2) is 18.2 Å². The van der Waals surface area contributed by atoms with Crippen LogP contribution in [-0.4, -0.2) is 43.3 Å². The average molecular weight is 305 g/mol. The van der Waals surface area contributed by atoms with Gasteiger partial charge in [0.05, 0.1) is 0 Å². The Labute approximate surface area is 129 Å². The molecule has 1 aromatic rings. The summed E-state index contributed by atoms with van der Waals surface area (Å²) < 4.78 is 24.1. The fourth-order valence-electron chi connectivity index (χ4n) is 4.28. The van der Waals surface area contributed by atoms with Gasteiger partial charge >= 0.3 is 0 Å². The van der Waals surface area contributed by atoms with Crippen molar-refractivity contribution in [3.63, 3.8) is 0 Å². The van der Waals surface area contributed by atoms with E-state index in [0.29, 0.717) is 30.1 Å². The van der Waals surface area contributed by atoms with Crippen molar-refractivity contribution in [1.82, 2.24) is 4.90 Å². The molecule has 2 heterocycles. The van der Waals surface area contributed by atoms with Gasteiger partial charge in [0.25, 0.3) is 6.36 Å². The van der Waals surface area contributed by atoms with Gasteiger partial charge in [-0.05, 0) is 44.1 Å². The first-order valence-corrected chi connectivity index (χ1v) is 7.88. The minimum Gasteiger partial charge on any atom is -0.483 e. The number of benzene rings is 1. The standard InChI is InChI=1S/C17H20FNO3/c1-19-7-6-17(5-4-12(20)9-15(17)19)11-2-3-13-14(8-11)22-16(18)10-21-13/h2-3,8,15-16H,4-7,9-10H2,1H3/t15-,16+,17-/m0/s1. The van der Waals surface area contributed by atoms with E-state index in [-0.39, 0.29) is 18.1 Å². The quantitative estimate of drug-likeness (QED) is 0.799. The number of fused-ring (bicyclic) bond motifs is 2. The SMILES string of the molecule is CN1CC[C@]2(c3ccc4c(c3)O[C@@H](F)CO4)CCC(=O)C[C@H]12. The van der Waals surface area contributed by atoms with Gasteiger partial charge < -0.3 is 14.4 Å². The van der Waals surface area contributed by atoms with Crippen molar-refractivity contribution in [1.29, 1.82) is 0 Å². The van der Waals surface area contributed by atoms with Gasteiger partial charge in [0.2, 0.25) is 0 Å². The number of halogens is 1. The second-order valence-corrected chi connectivity index (χ2v) is 6.65. The second-order valence-electron chi connectivity index (χ2n) is 6.65. The van der Waals surface area contributed by atoms with Gasteiger partial charge in [-0.1, -0.05) is 6.07 Å². The van der Waals surface area contributed by atoms with Crippen molar-refractivity contribution in [3.8, 4) is 11.5 Å². The Morgan fingerprint density at radius 1 is 1.32 bits per heavy atom. The maximum Gasteiger partial charge on any atom is 0.272 e. The number of carbonyl (C=O) groups excluding carboxylic acids is 1. The molecule has 118 valence electrons. The Bertz CT molecular complexity index is 620. The van der Waals surface area contributed by atoms with E-state index in [4.69, 9.17) is 9.47 Å². The molecule has 1 aliphatic carbocycles. The molecule has 0 radical (unpaired) electrons. The number of rotatable bonds is 1. The summed E-state index contributed by atoms with van der Waals surface area (Å²) in [5.74, 6) is 1.43. The molecule has 5 heteroatoms. The van der Waals surface area contributed by atoms with Crippen LogP contribution in [0, 0.1) is 0 Å². The number of hydrogen-bond acceptors (Lipinski definition) is 4. The van der Waals surface area contributed by atoms with Crippen LogP contribution in [0.2, 0.25) is 0 Å². The summed E-state index contributed by atoms with van der Waals surface area (Å²) in [5, 5.41) is 0. The summed E-state index contributed by atoms with van der Waals surface area (Å²) in [6.07, 6.45) is 1.72. The summed E-state index contributed by atoms with van der Waals surface area (Å²) >= 11 is 0. The van der Waals surface area contributed by atoms with E-state index in [1.807, 2.05) is 12.1 Å². The molecule has 0 spiro atoms. The lowest BCUT2D eigenvalue weighted by atomic mass is 9.66. The maximum absolute atomic E-state index is 13.4. The van der Waals surface area contributed by atoms with Crippen LogP contribution >= 0.6 is 0 Å². The fraction of sp³-hybridized carbons (Fsp3) is 0.588. The first-order valence-electron chi connectivity index (χ1n) is 7.88. The summed E-state index contributed by atoms with van der Waals surface area (Å²) in [6, 6.07) is 6.08. The van der Waals surface area contributed by atoms with Crippen LogP contribution in [0.5, 0.6) is 11.5 Å². The van der Waals surface area contributed by atoms with E-state index in [2.05, 4.69) is 18.0 Å². The lowest BCUT2D eigenvalue weighted by Gasteiger charge is -2.41.